The molecule has 0 unspecified atom stereocenters. The quantitative estimate of drug-likeness (QED) is 0.396. The molecule has 1 rings (SSSR count). The van der Waals surface area contributed by atoms with Gasteiger partial charge in [0.1, 0.15) is 0 Å². The van der Waals surface area contributed by atoms with Gasteiger partial charge in [0.15, 0.2) is 17.2 Å². The van der Waals surface area contributed by atoms with E-state index in [2.05, 4.69) is 0 Å². The molecule has 13 heavy (non-hydrogen) atoms. The molecule has 0 saturated heterocycles. The monoisotopic (exact) mass is 204 g/mol. The molecule has 6 N–H and O–H groups in total. The number of phenolic OH excluding ortho intramolecular Hbond substituents is 3. The summed E-state index contributed by atoms with van der Waals surface area (Å²) in [5, 5.41) is 26.1. The van der Waals surface area contributed by atoms with Crippen LogP contribution in [0.15, 0.2) is 18.2 Å². The third kappa shape index (κ3) is 5.30. The number of rotatable bonds is 0. The molecule has 0 bridgehead atoms. The van der Waals surface area contributed by atoms with Gasteiger partial charge in [-0.15, -0.1) is 0 Å². The summed E-state index contributed by atoms with van der Waals surface area (Å²) >= 11 is 0. The predicted octanol–water partition coefficient (Wildman–Crippen LogP) is -0.108. The van der Waals surface area contributed by atoms with Crippen LogP contribution in [0.2, 0.25) is 0 Å². The van der Waals surface area contributed by atoms with Gasteiger partial charge in [0.05, 0.1) is 0 Å². The zero-order valence-corrected chi connectivity index (χ0v) is 7.65. The van der Waals surface area contributed by atoms with Gasteiger partial charge in [-0.1, -0.05) is 6.07 Å². The van der Waals surface area contributed by atoms with E-state index in [0.29, 0.717) is 0 Å². The molecule has 0 spiro atoms. The first-order chi connectivity index (χ1) is 4.22. The molecule has 0 radical (unpaired) electrons. The van der Waals surface area contributed by atoms with E-state index in [-0.39, 0.29) is 45.3 Å². The van der Waals surface area contributed by atoms with Crippen LogP contribution in [0.25, 0.3) is 0 Å². The van der Waals surface area contributed by atoms with Crippen LogP contribution in [0.3, 0.4) is 0 Å². The second kappa shape index (κ2) is 9.12. The number of hydrogen-bond acceptors (Lipinski definition) is 6. The van der Waals surface area contributed by atoms with Crippen molar-refractivity contribution in [1.82, 2.24) is 0 Å². The van der Waals surface area contributed by atoms with Gasteiger partial charge < -0.3 is 31.7 Å². The normalized spacial score (nSPS) is 6.46. The Morgan fingerprint density at radius 1 is 0.769 bits per heavy atom. The van der Waals surface area contributed by atoms with Gasteiger partial charge in [-0.3, -0.25) is 0 Å². The van der Waals surface area contributed by atoms with Crippen LogP contribution >= 0.6 is 0 Å². The zero-order valence-electron chi connectivity index (χ0n) is 6.49. The van der Waals surface area contributed by atoms with Crippen LogP contribution in [0.1, 0.15) is 0 Å². The molecule has 72 valence electrons. The largest absolute Gasteiger partial charge is 3.00 e. The minimum atomic E-state index is -0.475. The van der Waals surface area contributed by atoms with Crippen LogP contribution < -0.4 is 0 Å². The fourth-order valence-corrected chi connectivity index (χ4v) is 0.519. The van der Waals surface area contributed by atoms with Crippen LogP contribution in [0, 0.1) is 0 Å². The maximum absolute atomic E-state index is 8.71. The van der Waals surface area contributed by atoms with Gasteiger partial charge in [-0.25, -0.2) is 0 Å². The number of hydrogen-bond donors (Lipinski definition) is 3. The molecule has 0 aliphatic carbocycles. The summed E-state index contributed by atoms with van der Waals surface area (Å²) in [7, 11) is 0. The topological polar surface area (TPSA) is 151 Å². The second-order valence-electron chi connectivity index (χ2n) is 1.64. The standard InChI is InChI=1S/C6H6O3.Al.3H2O/c7-4-2-1-3-5(8)6(4)9;;;;/h1-3,7-9H;;3*1H2/q;+3;;;/p-3. The smallest absolute Gasteiger partial charge is 0.870 e. The number of phenols is 3. The molecule has 0 atom stereocenters. The van der Waals surface area contributed by atoms with Crippen molar-refractivity contribution in [3.8, 4) is 17.2 Å². The molecule has 0 saturated carbocycles. The molecule has 1 aromatic carbocycles. The summed E-state index contributed by atoms with van der Waals surface area (Å²) in [6.45, 7) is 0. The summed E-state index contributed by atoms with van der Waals surface area (Å²) in [5.41, 5.74) is 0. The number of aromatic hydroxyl groups is 3. The SMILES string of the molecule is Oc1cccc(O)c1O.[Al+3].[OH-].[OH-].[OH-]. The van der Waals surface area contributed by atoms with E-state index in [1.165, 1.54) is 18.2 Å². The first kappa shape index (κ1) is 22.7. The Morgan fingerprint density at radius 3 is 1.31 bits per heavy atom. The maximum Gasteiger partial charge on any atom is 3.00 e. The van der Waals surface area contributed by atoms with Crippen molar-refractivity contribution in [2.45, 2.75) is 0 Å². The predicted molar refractivity (Wildman–Crippen MR) is 43.0 cm³/mol. The molecule has 6 nitrogen and oxygen atoms in total. The summed E-state index contributed by atoms with van der Waals surface area (Å²) in [5.74, 6) is -1.09. The van der Waals surface area contributed by atoms with E-state index in [0.717, 1.165) is 0 Å². The van der Waals surface area contributed by atoms with Crippen molar-refractivity contribution in [3.63, 3.8) is 0 Å². The minimum Gasteiger partial charge on any atom is -0.870 e. The molecule has 0 aliphatic heterocycles. The number of benzene rings is 1. The second-order valence-corrected chi connectivity index (χ2v) is 1.64. The van der Waals surface area contributed by atoms with E-state index in [1.807, 2.05) is 0 Å². The fourth-order valence-electron chi connectivity index (χ4n) is 0.519. The molecule has 1 aromatic rings. The van der Waals surface area contributed by atoms with E-state index >= 15 is 0 Å². The summed E-state index contributed by atoms with van der Waals surface area (Å²) < 4.78 is 0. The van der Waals surface area contributed by atoms with E-state index < -0.39 is 5.75 Å². The Kier molecular flexibility index (Phi) is 15.9. The van der Waals surface area contributed by atoms with Crippen molar-refractivity contribution in [1.29, 1.82) is 0 Å². The van der Waals surface area contributed by atoms with E-state index in [9.17, 15) is 0 Å². The molecule has 0 amide bonds. The molecule has 0 heterocycles. The first-order valence-electron chi connectivity index (χ1n) is 2.41. The summed E-state index contributed by atoms with van der Waals surface area (Å²) in [6, 6.07) is 4.01. The van der Waals surface area contributed by atoms with Gasteiger partial charge in [0, 0.05) is 0 Å². The van der Waals surface area contributed by atoms with Gasteiger partial charge in [0.25, 0.3) is 0 Å². The Morgan fingerprint density at radius 2 is 1.08 bits per heavy atom. The zero-order chi connectivity index (χ0) is 6.85. The molecule has 7 heteroatoms. The van der Waals surface area contributed by atoms with Crippen molar-refractivity contribution in [2.24, 2.45) is 0 Å². The molecule has 0 aliphatic rings. The summed E-state index contributed by atoms with van der Waals surface area (Å²) in [6.07, 6.45) is 0. The van der Waals surface area contributed by atoms with Crippen molar-refractivity contribution >= 4 is 17.4 Å². The van der Waals surface area contributed by atoms with Gasteiger partial charge in [0.2, 0.25) is 0 Å². The van der Waals surface area contributed by atoms with Gasteiger partial charge in [-0.05, 0) is 12.1 Å². The average molecular weight is 204 g/mol. The van der Waals surface area contributed by atoms with Gasteiger partial charge >= 0.3 is 17.4 Å². The molecule has 0 aromatic heterocycles. The Labute approximate surface area is 85.1 Å². The minimum absolute atomic E-state index is 0. The van der Waals surface area contributed by atoms with Crippen LogP contribution in [0.5, 0.6) is 17.2 Å². The van der Waals surface area contributed by atoms with Gasteiger partial charge in [-0.2, -0.15) is 0 Å². The number of para-hydroxylation sites is 1. The third-order valence-electron chi connectivity index (χ3n) is 0.993. The fraction of sp³-hybridized carbons (Fsp3) is 0. The van der Waals surface area contributed by atoms with Crippen molar-refractivity contribution < 1.29 is 31.7 Å². The molecule has 0 fully saturated rings. The summed E-state index contributed by atoms with van der Waals surface area (Å²) in [4.78, 5) is 0. The third-order valence-corrected chi connectivity index (χ3v) is 0.993. The van der Waals surface area contributed by atoms with Crippen LogP contribution in [-0.2, 0) is 0 Å². The van der Waals surface area contributed by atoms with Crippen molar-refractivity contribution in [3.05, 3.63) is 18.2 Å². The molecular formula is C6H9AlO6. The Hall–Kier alpha value is -0.968. The van der Waals surface area contributed by atoms with E-state index in [1.54, 1.807) is 0 Å². The average Bonchev–Trinajstić information content (AvgIpc) is 1.83. The maximum atomic E-state index is 8.71. The Bertz CT molecular complexity index is 208. The Balaban J connectivity index is -0.000000101. The van der Waals surface area contributed by atoms with E-state index in [4.69, 9.17) is 15.3 Å². The van der Waals surface area contributed by atoms with Crippen LogP contribution in [-0.4, -0.2) is 49.1 Å². The first-order valence-corrected chi connectivity index (χ1v) is 2.41. The van der Waals surface area contributed by atoms with Crippen LogP contribution in [0.4, 0.5) is 0 Å². The van der Waals surface area contributed by atoms with Crippen molar-refractivity contribution in [2.75, 3.05) is 0 Å². The molecular weight excluding hydrogens is 195 g/mol.